The monoisotopic (exact) mass is 391 g/mol. The molecule has 1 saturated heterocycles. The highest BCUT2D eigenvalue weighted by molar-refractivity contribution is 5.94. The van der Waals surface area contributed by atoms with Gasteiger partial charge in [0.1, 0.15) is 6.07 Å². The number of nitrogens with zero attached hydrogens (tertiary/aromatic N) is 2. The number of piperidine rings is 1. The number of nitriles is 1. The van der Waals surface area contributed by atoms with Crippen molar-refractivity contribution < 1.29 is 9.53 Å². The zero-order valence-corrected chi connectivity index (χ0v) is 17.9. The zero-order valence-electron chi connectivity index (χ0n) is 17.9. The number of hydrogen-bond donors (Lipinski definition) is 1. The Balaban J connectivity index is 1.81. The van der Waals surface area contributed by atoms with Gasteiger partial charge in [0.05, 0.1) is 23.9 Å². The van der Waals surface area contributed by atoms with Crippen LogP contribution >= 0.6 is 0 Å². The molecule has 0 bridgehead atoms. The van der Waals surface area contributed by atoms with Crippen molar-refractivity contribution in [1.82, 2.24) is 0 Å². The van der Waals surface area contributed by atoms with Crippen LogP contribution in [0.4, 0.5) is 11.4 Å². The number of rotatable bonds is 4. The highest BCUT2D eigenvalue weighted by Gasteiger charge is 2.28. The fourth-order valence-corrected chi connectivity index (χ4v) is 4.43. The summed E-state index contributed by atoms with van der Waals surface area (Å²) in [6.45, 7) is 10.0. The molecule has 1 fully saturated rings. The number of ether oxygens (including phenoxy) is 1. The van der Waals surface area contributed by atoms with Crippen LogP contribution in [0.3, 0.4) is 0 Å². The van der Waals surface area contributed by atoms with Crippen LogP contribution in [-0.2, 0) is 4.74 Å². The number of nitrogens with one attached hydrogen (secondary N) is 1. The minimum Gasteiger partial charge on any atom is -0.465 e. The van der Waals surface area contributed by atoms with Crippen LogP contribution in [0.2, 0.25) is 0 Å². The maximum Gasteiger partial charge on any atom is 0.338 e. The van der Waals surface area contributed by atoms with Gasteiger partial charge in [0.25, 0.3) is 0 Å². The van der Waals surface area contributed by atoms with E-state index in [2.05, 4.69) is 30.1 Å². The fourth-order valence-electron chi connectivity index (χ4n) is 4.43. The van der Waals surface area contributed by atoms with Gasteiger partial charge in [-0.3, -0.25) is 0 Å². The Bertz CT molecular complexity index is 961. The maximum atomic E-state index is 12.3. The van der Waals surface area contributed by atoms with Crippen LogP contribution in [0.5, 0.6) is 0 Å². The van der Waals surface area contributed by atoms with Gasteiger partial charge < -0.3 is 15.0 Å². The van der Waals surface area contributed by atoms with Gasteiger partial charge in [-0.1, -0.05) is 25.1 Å². The first-order valence-electron chi connectivity index (χ1n) is 10.1. The Morgan fingerprint density at radius 2 is 1.97 bits per heavy atom. The summed E-state index contributed by atoms with van der Waals surface area (Å²) in [4.78, 5) is 14.6. The first-order chi connectivity index (χ1) is 13.9. The number of aryl methyl sites for hydroxylation is 2. The maximum absolute atomic E-state index is 12.3. The van der Waals surface area contributed by atoms with E-state index in [4.69, 9.17) is 4.74 Å². The first-order valence-corrected chi connectivity index (χ1v) is 10.1. The number of benzene rings is 2. The van der Waals surface area contributed by atoms with Crippen molar-refractivity contribution in [3.05, 3.63) is 58.1 Å². The van der Waals surface area contributed by atoms with Gasteiger partial charge in [0.15, 0.2) is 0 Å². The molecule has 2 atom stereocenters. The van der Waals surface area contributed by atoms with Crippen LogP contribution in [0.1, 0.15) is 46.0 Å². The van der Waals surface area contributed by atoms with Crippen molar-refractivity contribution >= 4 is 17.3 Å². The average Bonchev–Trinajstić information content (AvgIpc) is 2.71. The van der Waals surface area contributed by atoms with Crippen molar-refractivity contribution in [3.63, 3.8) is 0 Å². The number of hydrogen-bond acceptors (Lipinski definition) is 5. The Kier molecular flexibility index (Phi) is 6.12. The van der Waals surface area contributed by atoms with Crippen molar-refractivity contribution in [2.45, 2.75) is 40.2 Å². The lowest BCUT2D eigenvalue weighted by Gasteiger charge is -2.40. The van der Waals surface area contributed by atoms with Gasteiger partial charge in [-0.05, 0) is 61.9 Å². The van der Waals surface area contributed by atoms with Crippen molar-refractivity contribution in [3.8, 4) is 6.07 Å². The predicted molar refractivity (Wildman–Crippen MR) is 117 cm³/mol. The Morgan fingerprint density at radius 1 is 1.24 bits per heavy atom. The van der Waals surface area contributed by atoms with E-state index in [1.165, 1.54) is 7.11 Å². The molecule has 0 saturated carbocycles. The van der Waals surface area contributed by atoms with E-state index in [1.54, 1.807) is 0 Å². The third-order valence-electron chi connectivity index (χ3n) is 5.96. The van der Waals surface area contributed by atoms with E-state index < -0.39 is 0 Å². The quantitative estimate of drug-likeness (QED) is 0.772. The molecular formula is C24H29N3O2. The largest absolute Gasteiger partial charge is 0.465 e. The molecule has 5 heteroatoms. The molecule has 5 nitrogen and oxygen atoms in total. The molecule has 0 aromatic heterocycles. The SMILES string of the molecule is COC(=O)c1c(C)cc(C)c(N[C@H]2CCN(c3ccccc3C#N)C[C@H]2C)c1C. The van der Waals surface area contributed by atoms with Crippen LogP contribution < -0.4 is 10.2 Å². The summed E-state index contributed by atoms with van der Waals surface area (Å²) in [5.41, 5.74) is 6.42. The molecule has 1 N–H and O–H groups in total. The number of esters is 1. The second-order valence-corrected chi connectivity index (χ2v) is 7.97. The smallest absolute Gasteiger partial charge is 0.338 e. The molecule has 29 heavy (non-hydrogen) atoms. The van der Waals surface area contributed by atoms with Crippen LogP contribution in [0.25, 0.3) is 0 Å². The number of carbonyl (C=O) groups is 1. The molecular weight excluding hydrogens is 362 g/mol. The molecule has 1 aliphatic rings. The van der Waals surface area contributed by atoms with E-state index >= 15 is 0 Å². The minimum atomic E-state index is -0.293. The lowest BCUT2D eigenvalue weighted by atomic mass is 9.91. The van der Waals surface area contributed by atoms with Gasteiger partial charge in [-0.15, -0.1) is 0 Å². The minimum absolute atomic E-state index is 0.293. The molecule has 1 heterocycles. The molecule has 0 radical (unpaired) electrons. The molecule has 152 valence electrons. The summed E-state index contributed by atoms with van der Waals surface area (Å²) >= 11 is 0. The average molecular weight is 392 g/mol. The van der Waals surface area contributed by atoms with Gasteiger partial charge in [0, 0.05) is 24.8 Å². The van der Waals surface area contributed by atoms with E-state index in [0.717, 1.165) is 53.1 Å². The van der Waals surface area contributed by atoms with Crippen LogP contribution in [0, 0.1) is 38.0 Å². The van der Waals surface area contributed by atoms with E-state index in [9.17, 15) is 10.1 Å². The highest BCUT2D eigenvalue weighted by atomic mass is 16.5. The third kappa shape index (κ3) is 4.07. The Hall–Kier alpha value is -3.00. The second-order valence-electron chi connectivity index (χ2n) is 7.97. The highest BCUT2D eigenvalue weighted by Crippen LogP contribution is 2.32. The second kappa shape index (κ2) is 8.57. The standard InChI is InChI=1S/C24H29N3O2/c1-15-12-16(2)23(18(4)22(15)24(28)29-5)26-20-10-11-27(14-17(20)3)21-9-7-6-8-19(21)13-25/h6-9,12,17,20,26H,10-11,14H2,1-5H3/t17-,20+/m1/s1. The number of methoxy groups -OCH3 is 1. The fraction of sp³-hybridized carbons (Fsp3) is 0.417. The van der Waals surface area contributed by atoms with E-state index in [-0.39, 0.29) is 5.97 Å². The van der Waals surface area contributed by atoms with E-state index in [1.807, 2.05) is 44.2 Å². The summed E-state index contributed by atoms with van der Waals surface area (Å²) in [7, 11) is 1.42. The van der Waals surface area contributed by atoms with Crippen LogP contribution in [-0.4, -0.2) is 32.2 Å². The van der Waals surface area contributed by atoms with Crippen molar-refractivity contribution in [2.24, 2.45) is 5.92 Å². The van der Waals surface area contributed by atoms with Gasteiger partial charge in [-0.25, -0.2) is 4.79 Å². The van der Waals surface area contributed by atoms with Crippen molar-refractivity contribution in [1.29, 1.82) is 5.26 Å². The molecule has 1 aliphatic heterocycles. The summed E-state index contributed by atoms with van der Waals surface area (Å²) in [5, 5.41) is 13.1. The lowest BCUT2D eigenvalue weighted by molar-refractivity contribution is 0.0599. The predicted octanol–water partition coefficient (Wildman–Crippen LogP) is 4.60. The number of anilines is 2. The Morgan fingerprint density at radius 3 is 2.62 bits per heavy atom. The number of para-hydroxylation sites is 1. The third-order valence-corrected chi connectivity index (χ3v) is 5.96. The molecule has 2 aromatic rings. The van der Waals surface area contributed by atoms with Gasteiger partial charge in [-0.2, -0.15) is 5.26 Å². The van der Waals surface area contributed by atoms with Gasteiger partial charge in [0.2, 0.25) is 0 Å². The topological polar surface area (TPSA) is 65.4 Å². The summed E-state index contributed by atoms with van der Waals surface area (Å²) in [5.74, 6) is 0.0937. The summed E-state index contributed by atoms with van der Waals surface area (Å²) in [6, 6.07) is 12.4. The molecule has 3 rings (SSSR count). The molecule has 0 spiro atoms. The normalized spacial score (nSPS) is 18.8. The molecule has 0 aliphatic carbocycles. The van der Waals surface area contributed by atoms with Crippen molar-refractivity contribution in [2.75, 3.05) is 30.4 Å². The molecule has 0 unspecified atom stereocenters. The Labute approximate surface area is 173 Å². The van der Waals surface area contributed by atoms with Crippen LogP contribution in [0.15, 0.2) is 30.3 Å². The molecule has 0 amide bonds. The van der Waals surface area contributed by atoms with E-state index in [0.29, 0.717) is 17.5 Å². The molecule has 2 aromatic carbocycles. The zero-order chi connectivity index (χ0) is 21.1. The lowest BCUT2D eigenvalue weighted by Crippen LogP contribution is -2.45. The summed E-state index contributed by atoms with van der Waals surface area (Å²) < 4.78 is 4.99. The number of carbonyl (C=O) groups excluding carboxylic acids is 1. The summed E-state index contributed by atoms with van der Waals surface area (Å²) in [6.07, 6.45) is 0.960. The first kappa shape index (κ1) is 20.7. The van der Waals surface area contributed by atoms with Gasteiger partial charge >= 0.3 is 5.97 Å².